The molecular formula is C16H19NO2. The van der Waals surface area contributed by atoms with Crippen LogP contribution in [0.1, 0.15) is 44.6 Å². The van der Waals surface area contributed by atoms with Crippen LogP contribution in [0.4, 0.5) is 0 Å². The number of Topliss-reactive ketones (excluding diaryl/α,β-unsaturated/α-hetero) is 1. The fourth-order valence-electron chi connectivity index (χ4n) is 2.48. The number of ether oxygens (including phenoxy) is 1. The van der Waals surface area contributed by atoms with Crippen LogP contribution in [0.3, 0.4) is 0 Å². The third-order valence-electron chi connectivity index (χ3n) is 3.72. The number of benzene rings is 1. The third kappa shape index (κ3) is 2.96. The van der Waals surface area contributed by atoms with E-state index in [9.17, 15) is 10.1 Å². The van der Waals surface area contributed by atoms with Gasteiger partial charge in [0.2, 0.25) is 0 Å². The zero-order valence-electron chi connectivity index (χ0n) is 11.3. The number of ketones is 1. The standard InChI is InChI=1S/C16H19NO2/c1-2-3-10-19-15-6-4-13(5-7-15)16(12-17)9-8-14(18)11-16/h4-7H,2-3,8-11H2,1H3. The Labute approximate surface area is 114 Å². The van der Waals surface area contributed by atoms with Gasteiger partial charge in [0.05, 0.1) is 18.1 Å². The predicted molar refractivity (Wildman–Crippen MR) is 73.0 cm³/mol. The maximum atomic E-state index is 11.5. The molecule has 3 nitrogen and oxygen atoms in total. The molecule has 19 heavy (non-hydrogen) atoms. The van der Waals surface area contributed by atoms with Gasteiger partial charge < -0.3 is 4.74 Å². The molecule has 3 heteroatoms. The van der Waals surface area contributed by atoms with Gasteiger partial charge >= 0.3 is 0 Å². The maximum absolute atomic E-state index is 11.5. The van der Waals surface area contributed by atoms with Crippen LogP contribution >= 0.6 is 0 Å². The molecule has 1 aliphatic carbocycles. The van der Waals surface area contributed by atoms with E-state index in [1.165, 1.54) is 0 Å². The van der Waals surface area contributed by atoms with Crippen LogP contribution in [-0.2, 0) is 10.2 Å². The van der Waals surface area contributed by atoms with Crippen molar-refractivity contribution in [3.8, 4) is 11.8 Å². The number of hydrogen-bond donors (Lipinski definition) is 0. The molecule has 1 aromatic rings. The Balaban J connectivity index is 2.09. The minimum Gasteiger partial charge on any atom is -0.494 e. The Hall–Kier alpha value is -1.82. The molecule has 1 atom stereocenters. The number of hydrogen-bond acceptors (Lipinski definition) is 3. The average Bonchev–Trinajstić information content (AvgIpc) is 2.83. The molecule has 0 heterocycles. The van der Waals surface area contributed by atoms with Gasteiger partial charge in [-0.1, -0.05) is 25.5 Å². The van der Waals surface area contributed by atoms with Crippen molar-refractivity contribution in [2.45, 2.75) is 44.4 Å². The highest BCUT2D eigenvalue weighted by Crippen LogP contribution is 2.39. The molecule has 1 aromatic carbocycles. The molecule has 1 aliphatic rings. The number of unbranched alkanes of at least 4 members (excludes halogenated alkanes) is 1. The predicted octanol–water partition coefficient (Wildman–Crippen LogP) is 3.38. The number of carbonyl (C=O) groups excluding carboxylic acids is 1. The summed E-state index contributed by atoms with van der Waals surface area (Å²) in [4.78, 5) is 11.5. The number of nitrogens with zero attached hydrogens (tertiary/aromatic N) is 1. The number of nitriles is 1. The quantitative estimate of drug-likeness (QED) is 0.760. The summed E-state index contributed by atoms with van der Waals surface area (Å²) in [6.07, 6.45) is 3.65. The van der Waals surface area contributed by atoms with E-state index in [4.69, 9.17) is 4.74 Å². The van der Waals surface area contributed by atoms with Crippen molar-refractivity contribution >= 4 is 5.78 Å². The first-order valence-corrected chi connectivity index (χ1v) is 6.86. The van der Waals surface area contributed by atoms with E-state index in [2.05, 4.69) is 13.0 Å². The van der Waals surface area contributed by atoms with Crippen LogP contribution in [0.25, 0.3) is 0 Å². The van der Waals surface area contributed by atoms with Crippen LogP contribution in [0.15, 0.2) is 24.3 Å². The third-order valence-corrected chi connectivity index (χ3v) is 3.72. The van der Waals surface area contributed by atoms with Gasteiger partial charge in [0, 0.05) is 12.8 Å². The maximum Gasteiger partial charge on any atom is 0.134 e. The van der Waals surface area contributed by atoms with E-state index >= 15 is 0 Å². The summed E-state index contributed by atoms with van der Waals surface area (Å²) in [5.74, 6) is 1.01. The number of rotatable bonds is 5. The molecule has 1 fully saturated rings. The van der Waals surface area contributed by atoms with Gasteiger partial charge in [-0.05, 0) is 30.5 Å². The first-order chi connectivity index (χ1) is 9.20. The Bertz CT molecular complexity index is 486. The summed E-state index contributed by atoms with van der Waals surface area (Å²) in [7, 11) is 0. The zero-order chi connectivity index (χ0) is 13.7. The zero-order valence-corrected chi connectivity index (χ0v) is 11.3. The van der Waals surface area contributed by atoms with Gasteiger partial charge in [-0.2, -0.15) is 5.26 Å². The van der Waals surface area contributed by atoms with Crippen molar-refractivity contribution < 1.29 is 9.53 Å². The van der Waals surface area contributed by atoms with E-state index in [1.54, 1.807) is 0 Å². The SMILES string of the molecule is CCCCOc1ccc(C2(C#N)CCC(=O)C2)cc1. The Morgan fingerprint density at radius 3 is 2.63 bits per heavy atom. The van der Waals surface area contributed by atoms with Crippen molar-refractivity contribution in [3.63, 3.8) is 0 Å². The summed E-state index contributed by atoms with van der Waals surface area (Å²) < 4.78 is 5.60. The molecule has 0 bridgehead atoms. The summed E-state index contributed by atoms with van der Waals surface area (Å²) in [5.41, 5.74) is 0.322. The molecule has 2 rings (SSSR count). The average molecular weight is 257 g/mol. The van der Waals surface area contributed by atoms with E-state index < -0.39 is 5.41 Å². The monoisotopic (exact) mass is 257 g/mol. The van der Waals surface area contributed by atoms with Crippen LogP contribution < -0.4 is 4.74 Å². The summed E-state index contributed by atoms with van der Waals surface area (Å²) in [6, 6.07) is 9.97. The molecule has 0 aliphatic heterocycles. The van der Waals surface area contributed by atoms with Crippen LogP contribution in [0, 0.1) is 11.3 Å². The molecule has 0 aromatic heterocycles. The highest BCUT2D eigenvalue weighted by molar-refractivity contribution is 5.83. The summed E-state index contributed by atoms with van der Waals surface area (Å²) >= 11 is 0. The summed E-state index contributed by atoms with van der Waals surface area (Å²) in [5, 5.41) is 9.40. The van der Waals surface area contributed by atoms with Crippen molar-refractivity contribution in [2.24, 2.45) is 0 Å². The molecule has 0 spiro atoms. The smallest absolute Gasteiger partial charge is 0.134 e. The normalized spacial score (nSPS) is 22.2. The molecule has 0 saturated heterocycles. The second-order valence-corrected chi connectivity index (χ2v) is 5.14. The number of carbonyl (C=O) groups is 1. The van der Waals surface area contributed by atoms with Gasteiger partial charge in [-0.3, -0.25) is 4.79 Å². The Morgan fingerprint density at radius 2 is 2.11 bits per heavy atom. The van der Waals surface area contributed by atoms with Crippen molar-refractivity contribution in [1.82, 2.24) is 0 Å². The lowest BCUT2D eigenvalue weighted by atomic mass is 9.80. The largest absolute Gasteiger partial charge is 0.494 e. The van der Waals surface area contributed by atoms with Crippen LogP contribution in [0.2, 0.25) is 0 Å². The molecule has 0 N–H and O–H groups in total. The van der Waals surface area contributed by atoms with Crippen LogP contribution in [0.5, 0.6) is 5.75 Å². The lowest BCUT2D eigenvalue weighted by molar-refractivity contribution is -0.117. The molecule has 1 saturated carbocycles. The van der Waals surface area contributed by atoms with E-state index in [0.29, 0.717) is 19.3 Å². The van der Waals surface area contributed by atoms with Crippen molar-refractivity contribution in [3.05, 3.63) is 29.8 Å². The lowest BCUT2D eigenvalue weighted by Gasteiger charge is -2.20. The summed E-state index contributed by atoms with van der Waals surface area (Å²) in [6.45, 7) is 2.85. The Kier molecular flexibility index (Phi) is 4.21. The van der Waals surface area contributed by atoms with Gasteiger partial charge in [-0.25, -0.2) is 0 Å². The Morgan fingerprint density at radius 1 is 1.37 bits per heavy atom. The molecule has 1 unspecified atom stereocenters. The second kappa shape index (κ2) is 5.88. The highest BCUT2D eigenvalue weighted by Gasteiger charge is 2.40. The van der Waals surface area contributed by atoms with Crippen molar-refractivity contribution in [1.29, 1.82) is 5.26 Å². The lowest BCUT2D eigenvalue weighted by Crippen LogP contribution is -2.20. The van der Waals surface area contributed by atoms with E-state index in [0.717, 1.165) is 30.8 Å². The van der Waals surface area contributed by atoms with E-state index in [-0.39, 0.29) is 5.78 Å². The topological polar surface area (TPSA) is 50.1 Å². The minimum atomic E-state index is -0.612. The van der Waals surface area contributed by atoms with Gasteiger partial charge in [-0.15, -0.1) is 0 Å². The molecular weight excluding hydrogens is 238 g/mol. The van der Waals surface area contributed by atoms with Gasteiger partial charge in [0.15, 0.2) is 0 Å². The first-order valence-electron chi connectivity index (χ1n) is 6.86. The fourth-order valence-corrected chi connectivity index (χ4v) is 2.48. The molecule has 100 valence electrons. The van der Waals surface area contributed by atoms with E-state index in [1.807, 2.05) is 24.3 Å². The van der Waals surface area contributed by atoms with Crippen LogP contribution in [-0.4, -0.2) is 12.4 Å². The fraction of sp³-hybridized carbons (Fsp3) is 0.500. The van der Waals surface area contributed by atoms with Gasteiger partial charge in [0.25, 0.3) is 0 Å². The minimum absolute atomic E-state index is 0.185. The van der Waals surface area contributed by atoms with Crippen molar-refractivity contribution in [2.75, 3.05) is 6.61 Å². The van der Waals surface area contributed by atoms with Gasteiger partial charge in [0.1, 0.15) is 11.5 Å². The first kappa shape index (κ1) is 13.6. The molecule has 0 radical (unpaired) electrons. The highest BCUT2D eigenvalue weighted by atomic mass is 16.5. The second-order valence-electron chi connectivity index (χ2n) is 5.14. The molecule has 0 amide bonds.